The molecule has 0 atom stereocenters. The minimum atomic E-state index is -0.0525. The van der Waals surface area contributed by atoms with Gasteiger partial charge in [-0.2, -0.15) is 0 Å². The third kappa shape index (κ3) is 6.63. The molecule has 1 heterocycles. The van der Waals surface area contributed by atoms with Gasteiger partial charge in [0.1, 0.15) is 0 Å². The number of carbonyl (C=O) groups is 1. The Morgan fingerprint density at radius 3 is 2.43 bits per heavy atom. The fourth-order valence-electron chi connectivity index (χ4n) is 3.67. The Morgan fingerprint density at radius 1 is 1.03 bits per heavy atom. The van der Waals surface area contributed by atoms with Crippen LogP contribution in [0.5, 0.6) is 11.5 Å². The summed E-state index contributed by atoms with van der Waals surface area (Å²) in [6.45, 7) is 8.01. The fourth-order valence-corrected chi connectivity index (χ4v) is 3.67. The van der Waals surface area contributed by atoms with E-state index in [1.165, 1.54) is 5.56 Å². The molecule has 2 aromatic carbocycles. The number of nitrogens with one attached hydrogen (secondary N) is 1. The molecule has 0 radical (unpaired) electrons. The van der Waals surface area contributed by atoms with Crippen LogP contribution in [0.3, 0.4) is 0 Å². The van der Waals surface area contributed by atoms with Crippen molar-refractivity contribution in [2.45, 2.75) is 39.3 Å². The predicted molar refractivity (Wildman–Crippen MR) is 121 cm³/mol. The van der Waals surface area contributed by atoms with Crippen LogP contribution >= 0.6 is 0 Å². The summed E-state index contributed by atoms with van der Waals surface area (Å²) in [5.74, 6) is 1.37. The van der Waals surface area contributed by atoms with Gasteiger partial charge in [0.15, 0.2) is 11.5 Å². The number of hydrogen-bond donors (Lipinski definition) is 1. The molecule has 0 aromatic heterocycles. The average Bonchev–Trinajstić information content (AvgIpc) is 2.76. The van der Waals surface area contributed by atoms with Crippen LogP contribution < -0.4 is 14.8 Å². The standard InChI is InChI=1S/C25H32N2O3/c1-3-29-23-12-10-20(18-24(23)30-4-2)11-13-25(28)26-22-14-16-27(17-15-22)19-21-8-6-5-7-9-21/h5-13,18,22H,3-4,14-17,19H2,1-2H3,(H,26,28)/b13-11+. The van der Waals surface area contributed by atoms with Gasteiger partial charge in [0.05, 0.1) is 13.2 Å². The molecule has 1 aliphatic rings. The van der Waals surface area contributed by atoms with Crippen LogP contribution in [-0.2, 0) is 11.3 Å². The van der Waals surface area contributed by atoms with Gasteiger partial charge in [0.2, 0.25) is 5.91 Å². The molecule has 3 rings (SSSR count). The van der Waals surface area contributed by atoms with E-state index in [9.17, 15) is 4.79 Å². The Hall–Kier alpha value is -2.79. The Bertz CT molecular complexity index is 828. The van der Waals surface area contributed by atoms with E-state index in [4.69, 9.17) is 9.47 Å². The molecular formula is C25H32N2O3. The van der Waals surface area contributed by atoms with Crippen LogP contribution in [0.2, 0.25) is 0 Å². The molecule has 1 N–H and O–H groups in total. The first-order valence-corrected chi connectivity index (χ1v) is 10.8. The lowest BCUT2D eigenvalue weighted by Crippen LogP contribution is -2.43. The molecule has 5 nitrogen and oxygen atoms in total. The van der Waals surface area contributed by atoms with Gasteiger partial charge in [-0.3, -0.25) is 9.69 Å². The maximum atomic E-state index is 12.4. The zero-order valence-corrected chi connectivity index (χ0v) is 18.0. The van der Waals surface area contributed by atoms with Gasteiger partial charge in [-0.25, -0.2) is 0 Å². The smallest absolute Gasteiger partial charge is 0.244 e. The zero-order valence-electron chi connectivity index (χ0n) is 18.0. The molecule has 1 fully saturated rings. The van der Waals surface area contributed by atoms with E-state index in [1.807, 2.05) is 44.2 Å². The minimum absolute atomic E-state index is 0.0525. The monoisotopic (exact) mass is 408 g/mol. The molecule has 0 saturated carbocycles. The second-order valence-electron chi connectivity index (χ2n) is 7.45. The highest BCUT2D eigenvalue weighted by Crippen LogP contribution is 2.29. The first kappa shape index (κ1) is 21.9. The Balaban J connectivity index is 1.47. The van der Waals surface area contributed by atoms with Crippen LogP contribution in [0.15, 0.2) is 54.6 Å². The average molecular weight is 409 g/mol. The lowest BCUT2D eigenvalue weighted by molar-refractivity contribution is -0.117. The van der Waals surface area contributed by atoms with E-state index in [1.54, 1.807) is 6.08 Å². The molecule has 1 amide bonds. The van der Waals surface area contributed by atoms with Crippen LogP contribution in [-0.4, -0.2) is 43.2 Å². The third-order valence-corrected chi connectivity index (χ3v) is 5.18. The topological polar surface area (TPSA) is 50.8 Å². The van der Waals surface area contributed by atoms with Crippen molar-refractivity contribution in [2.75, 3.05) is 26.3 Å². The normalized spacial score (nSPS) is 15.3. The lowest BCUT2D eigenvalue weighted by Gasteiger charge is -2.32. The molecule has 30 heavy (non-hydrogen) atoms. The molecule has 0 bridgehead atoms. The van der Waals surface area contributed by atoms with Crippen molar-refractivity contribution < 1.29 is 14.3 Å². The number of nitrogens with zero attached hydrogens (tertiary/aromatic N) is 1. The third-order valence-electron chi connectivity index (χ3n) is 5.18. The summed E-state index contributed by atoms with van der Waals surface area (Å²) in [6.07, 6.45) is 5.37. The van der Waals surface area contributed by atoms with Crippen molar-refractivity contribution in [2.24, 2.45) is 0 Å². The van der Waals surface area contributed by atoms with E-state index >= 15 is 0 Å². The van der Waals surface area contributed by atoms with E-state index < -0.39 is 0 Å². The summed E-state index contributed by atoms with van der Waals surface area (Å²) in [6, 6.07) is 16.5. The van der Waals surface area contributed by atoms with Gasteiger partial charge < -0.3 is 14.8 Å². The van der Waals surface area contributed by atoms with Gasteiger partial charge in [-0.15, -0.1) is 0 Å². The summed E-state index contributed by atoms with van der Waals surface area (Å²) in [4.78, 5) is 14.8. The SMILES string of the molecule is CCOc1ccc(/C=C/C(=O)NC2CCN(Cc3ccccc3)CC2)cc1OCC. The van der Waals surface area contributed by atoms with Crippen molar-refractivity contribution in [3.05, 3.63) is 65.7 Å². The summed E-state index contributed by atoms with van der Waals surface area (Å²) in [5, 5.41) is 3.14. The molecule has 2 aromatic rings. The van der Waals surface area contributed by atoms with Gasteiger partial charge in [0, 0.05) is 31.8 Å². The molecule has 0 aliphatic carbocycles. The van der Waals surface area contributed by atoms with E-state index in [2.05, 4.69) is 34.5 Å². The van der Waals surface area contributed by atoms with Gasteiger partial charge in [-0.1, -0.05) is 36.4 Å². The number of ether oxygens (including phenoxy) is 2. The first-order chi connectivity index (χ1) is 14.7. The van der Waals surface area contributed by atoms with Crippen LogP contribution in [0.4, 0.5) is 0 Å². The van der Waals surface area contributed by atoms with Crippen LogP contribution in [0.1, 0.15) is 37.8 Å². The Morgan fingerprint density at radius 2 is 1.73 bits per heavy atom. The second kappa shape index (κ2) is 11.4. The summed E-state index contributed by atoms with van der Waals surface area (Å²) in [7, 11) is 0. The number of amides is 1. The summed E-state index contributed by atoms with van der Waals surface area (Å²) < 4.78 is 11.2. The van der Waals surface area contributed by atoms with Crippen molar-refractivity contribution in [1.29, 1.82) is 0 Å². The van der Waals surface area contributed by atoms with Crippen LogP contribution in [0.25, 0.3) is 6.08 Å². The lowest BCUT2D eigenvalue weighted by atomic mass is 10.0. The van der Waals surface area contributed by atoms with E-state index in [0.717, 1.165) is 43.8 Å². The molecular weight excluding hydrogens is 376 g/mol. The van der Waals surface area contributed by atoms with Crippen molar-refractivity contribution >= 4 is 12.0 Å². The molecule has 0 spiro atoms. The fraction of sp³-hybridized carbons (Fsp3) is 0.400. The Kier molecular flexibility index (Phi) is 8.33. The maximum Gasteiger partial charge on any atom is 0.244 e. The van der Waals surface area contributed by atoms with E-state index in [0.29, 0.717) is 19.0 Å². The zero-order chi connectivity index (χ0) is 21.2. The molecule has 5 heteroatoms. The predicted octanol–water partition coefficient (Wildman–Crippen LogP) is 4.28. The first-order valence-electron chi connectivity index (χ1n) is 10.8. The van der Waals surface area contributed by atoms with Gasteiger partial charge in [0.25, 0.3) is 0 Å². The van der Waals surface area contributed by atoms with Gasteiger partial charge in [-0.05, 0) is 56.0 Å². The highest BCUT2D eigenvalue weighted by Gasteiger charge is 2.20. The number of carbonyl (C=O) groups excluding carboxylic acids is 1. The van der Waals surface area contributed by atoms with E-state index in [-0.39, 0.29) is 11.9 Å². The largest absolute Gasteiger partial charge is 0.490 e. The highest BCUT2D eigenvalue weighted by atomic mass is 16.5. The molecule has 1 aliphatic heterocycles. The summed E-state index contributed by atoms with van der Waals surface area (Å²) >= 11 is 0. The quantitative estimate of drug-likeness (QED) is 0.630. The minimum Gasteiger partial charge on any atom is -0.490 e. The second-order valence-corrected chi connectivity index (χ2v) is 7.45. The molecule has 160 valence electrons. The van der Waals surface area contributed by atoms with Crippen molar-refractivity contribution in [3.8, 4) is 11.5 Å². The summed E-state index contributed by atoms with van der Waals surface area (Å²) in [5.41, 5.74) is 2.25. The van der Waals surface area contributed by atoms with Crippen molar-refractivity contribution in [1.82, 2.24) is 10.2 Å². The van der Waals surface area contributed by atoms with Gasteiger partial charge >= 0.3 is 0 Å². The number of likely N-dealkylation sites (tertiary alicyclic amines) is 1. The number of rotatable bonds is 9. The molecule has 0 unspecified atom stereocenters. The maximum absolute atomic E-state index is 12.4. The Labute approximate surface area is 179 Å². The number of benzene rings is 2. The molecule has 1 saturated heterocycles. The van der Waals surface area contributed by atoms with Crippen LogP contribution in [0, 0.1) is 0 Å². The number of hydrogen-bond acceptors (Lipinski definition) is 4. The van der Waals surface area contributed by atoms with Crippen molar-refractivity contribution in [3.63, 3.8) is 0 Å². The number of piperidine rings is 1. The highest BCUT2D eigenvalue weighted by molar-refractivity contribution is 5.92.